The number of nitrogens with zero attached hydrogens (tertiary/aromatic N) is 1. The molecule has 2 rings (SSSR count). The minimum absolute atomic E-state index is 0.166. The number of benzene rings is 1. The second-order valence-electron chi connectivity index (χ2n) is 4.15. The van der Waals surface area contributed by atoms with E-state index in [0.717, 1.165) is 5.56 Å². The fourth-order valence-electron chi connectivity index (χ4n) is 1.58. The Morgan fingerprint density at radius 1 is 1.10 bits per heavy atom. The molecule has 1 aromatic carbocycles. The fourth-order valence-corrected chi connectivity index (χ4v) is 1.58. The number of carbonyl (C=O) groups is 2. The molecule has 0 atom stereocenters. The highest BCUT2D eigenvalue weighted by molar-refractivity contribution is 6.00. The van der Waals surface area contributed by atoms with Crippen molar-refractivity contribution in [1.29, 1.82) is 0 Å². The molecule has 0 saturated heterocycles. The van der Waals surface area contributed by atoms with Gasteiger partial charge >= 0.3 is 12.0 Å². The summed E-state index contributed by atoms with van der Waals surface area (Å²) in [6.45, 7) is 1.86. The first kappa shape index (κ1) is 13.5. The van der Waals surface area contributed by atoms with Crippen molar-refractivity contribution in [3.8, 4) is 0 Å². The van der Waals surface area contributed by atoms with E-state index in [1.54, 1.807) is 18.5 Å². The van der Waals surface area contributed by atoms with Crippen molar-refractivity contribution in [3.63, 3.8) is 0 Å². The molecule has 0 aliphatic carbocycles. The number of carboxylic acids is 1. The predicted molar refractivity (Wildman–Crippen MR) is 75.0 cm³/mol. The summed E-state index contributed by atoms with van der Waals surface area (Å²) in [6.07, 6.45) is 3.20. The third kappa shape index (κ3) is 3.32. The van der Waals surface area contributed by atoms with Gasteiger partial charge in [-0.2, -0.15) is 0 Å². The molecule has 6 nitrogen and oxygen atoms in total. The molecule has 1 aromatic heterocycles. The molecule has 0 spiro atoms. The zero-order valence-electron chi connectivity index (χ0n) is 10.8. The lowest BCUT2D eigenvalue weighted by Gasteiger charge is -2.09. The first-order chi connectivity index (χ1) is 9.56. The van der Waals surface area contributed by atoms with Gasteiger partial charge in [-0.3, -0.25) is 4.98 Å². The van der Waals surface area contributed by atoms with Crippen molar-refractivity contribution in [3.05, 3.63) is 53.9 Å². The lowest BCUT2D eigenvalue weighted by molar-refractivity contribution is 0.0697. The maximum Gasteiger partial charge on any atom is 0.335 e. The average Bonchev–Trinajstić information content (AvgIpc) is 2.42. The molecule has 6 heteroatoms. The van der Waals surface area contributed by atoms with E-state index < -0.39 is 12.0 Å². The first-order valence-electron chi connectivity index (χ1n) is 5.88. The third-order valence-corrected chi connectivity index (χ3v) is 2.68. The van der Waals surface area contributed by atoms with Crippen molar-refractivity contribution in [2.45, 2.75) is 6.92 Å². The number of rotatable bonds is 3. The third-order valence-electron chi connectivity index (χ3n) is 2.68. The molecule has 0 aliphatic rings. The van der Waals surface area contributed by atoms with Crippen LogP contribution in [0.3, 0.4) is 0 Å². The highest BCUT2D eigenvalue weighted by atomic mass is 16.4. The van der Waals surface area contributed by atoms with Crippen LogP contribution in [0.2, 0.25) is 0 Å². The first-order valence-corrected chi connectivity index (χ1v) is 5.88. The van der Waals surface area contributed by atoms with Crippen LogP contribution in [0.5, 0.6) is 0 Å². The standard InChI is InChI=1S/C14H13N3O3/c1-9-6-7-15-8-12(9)17-14(20)16-11-4-2-10(3-5-11)13(18)19/h2-8H,1H3,(H,18,19)(H2,16,17,20). The number of hydrogen-bond donors (Lipinski definition) is 3. The van der Waals surface area contributed by atoms with E-state index in [0.29, 0.717) is 11.4 Å². The molecule has 0 saturated carbocycles. The summed E-state index contributed by atoms with van der Waals surface area (Å²) < 4.78 is 0. The van der Waals surface area contributed by atoms with Gasteiger partial charge in [-0.05, 0) is 42.8 Å². The van der Waals surface area contributed by atoms with Gasteiger partial charge in [0.15, 0.2) is 0 Å². The van der Waals surface area contributed by atoms with Crippen LogP contribution in [0.15, 0.2) is 42.7 Å². The number of hydrogen-bond acceptors (Lipinski definition) is 3. The second kappa shape index (κ2) is 5.83. The van der Waals surface area contributed by atoms with Crippen LogP contribution >= 0.6 is 0 Å². The van der Waals surface area contributed by atoms with E-state index in [1.807, 2.05) is 6.92 Å². The molecule has 3 N–H and O–H groups in total. The van der Waals surface area contributed by atoms with Crippen LogP contribution in [0.1, 0.15) is 15.9 Å². The SMILES string of the molecule is Cc1ccncc1NC(=O)Nc1ccc(C(=O)O)cc1. The Balaban J connectivity index is 2.01. The Morgan fingerprint density at radius 2 is 1.80 bits per heavy atom. The molecule has 2 amide bonds. The van der Waals surface area contributed by atoms with Crippen molar-refractivity contribution >= 4 is 23.4 Å². The highest BCUT2D eigenvalue weighted by Crippen LogP contribution is 2.13. The maximum absolute atomic E-state index is 11.8. The molecule has 0 aliphatic heterocycles. The molecule has 0 fully saturated rings. The summed E-state index contributed by atoms with van der Waals surface area (Å²) in [7, 11) is 0. The van der Waals surface area contributed by atoms with Crippen LogP contribution in [0, 0.1) is 6.92 Å². The van der Waals surface area contributed by atoms with E-state index in [1.165, 1.54) is 24.3 Å². The quantitative estimate of drug-likeness (QED) is 0.800. The highest BCUT2D eigenvalue weighted by Gasteiger charge is 2.06. The van der Waals surface area contributed by atoms with E-state index in [2.05, 4.69) is 15.6 Å². The van der Waals surface area contributed by atoms with E-state index in [-0.39, 0.29) is 5.56 Å². The predicted octanol–water partition coefficient (Wildman–Crippen LogP) is 2.73. The van der Waals surface area contributed by atoms with Crippen molar-refractivity contribution < 1.29 is 14.7 Å². The van der Waals surface area contributed by atoms with Gasteiger partial charge in [0.25, 0.3) is 0 Å². The topological polar surface area (TPSA) is 91.3 Å². The Bertz CT molecular complexity index is 638. The van der Waals surface area contributed by atoms with Gasteiger partial charge < -0.3 is 15.7 Å². The second-order valence-corrected chi connectivity index (χ2v) is 4.15. The summed E-state index contributed by atoms with van der Waals surface area (Å²) in [5.41, 5.74) is 2.19. The largest absolute Gasteiger partial charge is 0.478 e. The van der Waals surface area contributed by atoms with Gasteiger partial charge in [0.1, 0.15) is 0 Å². The molecular formula is C14H13N3O3. The van der Waals surface area contributed by atoms with Crippen LogP contribution < -0.4 is 10.6 Å². The molecule has 20 heavy (non-hydrogen) atoms. The molecule has 0 radical (unpaired) electrons. The Kier molecular flexibility index (Phi) is 3.95. The van der Waals surface area contributed by atoms with Crippen LogP contribution in [0.25, 0.3) is 0 Å². The summed E-state index contributed by atoms with van der Waals surface area (Å²) in [5, 5.41) is 14.1. The number of carboxylic acid groups (broad SMARTS) is 1. The fraction of sp³-hybridized carbons (Fsp3) is 0.0714. The molecule has 2 aromatic rings. The smallest absolute Gasteiger partial charge is 0.335 e. The number of urea groups is 1. The molecule has 0 bridgehead atoms. The Morgan fingerprint density at radius 3 is 2.40 bits per heavy atom. The number of pyridine rings is 1. The summed E-state index contributed by atoms with van der Waals surface area (Å²) >= 11 is 0. The number of nitrogens with one attached hydrogen (secondary N) is 2. The summed E-state index contributed by atoms with van der Waals surface area (Å²) in [4.78, 5) is 26.4. The summed E-state index contributed by atoms with van der Waals surface area (Å²) in [6, 6.07) is 7.28. The lowest BCUT2D eigenvalue weighted by atomic mass is 10.2. The summed E-state index contributed by atoms with van der Waals surface area (Å²) in [5.74, 6) is -1.01. The Hall–Kier alpha value is -2.89. The van der Waals surface area contributed by atoms with E-state index in [9.17, 15) is 9.59 Å². The van der Waals surface area contributed by atoms with Crippen LogP contribution in [0.4, 0.5) is 16.2 Å². The number of anilines is 2. The van der Waals surface area contributed by atoms with Gasteiger partial charge in [0, 0.05) is 11.9 Å². The molecular weight excluding hydrogens is 258 g/mol. The molecule has 102 valence electrons. The number of aryl methyl sites for hydroxylation is 1. The molecule has 0 unspecified atom stereocenters. The van der Waals surface area contributed by atoms with E-state index in [4.69, 9.17) is 5.11 Å². The average molecular weight is 271 g/mol. The number of aromatic nitrogens is 1. The van der Waals surface area contributed by atoms with Crippen molar-refractivity contribution in [1.82, 2.24) is 4.98 Å². The number of amides is 2. The van der Waals surface area contributed by atoms with Gasteiger partial charge in [0.05, 0.1) is 17.4 Å². The minimum atomic E-state index is -1.01. The van der Waals surface area contributed by atoms with Crippen LogP contribution in [-0.2, 0) is 0 Å². The Labute approximate surface area is 115 Å². The zero-order valence-corrected chi connectivity index (χ0v) is 10.8. The maximum atomic E-state index is 11.8. The number of carbonyl (C=O) groups excluding carboxylic acids is 1. The van der Waals surface area contributed by atoms with Crippen LogP contribution in [-0.4, -0.2) is 22.1 Å². The van der Waals surface area contributed by atoms with Crippen molar-refractivity contribution in [2.24, 2.45) is 0 Å². The van der Waals surface area contributed by atoms with Gasteiger partial charge in [0.2, 0.25) is 0 Å². The molecule has 1 heterocycles. The minimum Gasteiger partial charge on any atom is -0.478 e. The lowest BCUT2D eigenvalue weighted by Crippen LogP contribution is -2.20. The van der Waals surface area contributed by atoms with Gasteiger partial charge in [-0.15, -0.1) is 0 Å². The number of aromatic carboxylic acids is 1. The van der Waals surface area contributed by atoms with Crippen molar-refractivity contribution in [2.75, 3.05) is 10.6 Å². The van der Waals surface area contributed by atoms with Gasteiger partial charge in [-0.1, -0.05) is 0 Å². The monoisotopic (exact) mass is 271 g/mol. The normalized spacial score (nSPS) is 9.85. The zero-order chi connectivity index (χ0) is 14.5. The van der Waals surface area contributed by atoms with E-state index >= 15 is 0 Å². The van der Waals surface area contributed by atoms with Gasteiger partial charge in [-0.25, -0.2) is 9.59 Å².